The first kappa shape index (κ1) is 99.7. The summed E-state index contributed by atoms with van der Waals surface area (Å²) in [5, 5.41) is 6.87. The summed E-state index contributed by atoms with van der Waals surface area (Å²) in [6, 6.07) is 98.6. The van der Waals surface area contributed by atoms with Crippen LogP contribution in [0.25, 0.3) is 65.7 Å². The molecule has 0 heterocycles. The molecule has 0 saturated heterocycles. The third kappa shape index (κ3) is 20.3. The molecule has 3 aliphatic rings. The third-order valence-electron chi connectivity index (χ3n) is 26.0. The van der Waals surface area contributed by atoms with Gasteiger partial charge < -0.3 is 66.3 Å². The van der Waals surface area contributed by atoms with Crippen molar-refractivity contribution in [2.24, 2.45) is 0 Å². The van der Waals surface area contributed by atoms with Gasteiger partial charge in [-0.15, -0.1) is 0 Å². The van der Waals surface area contributed by atoms with Gasteiger partial charge in [-0.05, 0) is 264 Å². The molecule has 144 heavy (non-hydrogen) atoms. The SMILES string of the molecule is C=CC(=O)OCCOc1ccc(C2(c3ccc(OCCOC(=O)C=C)cc3)c3ccc(C)cc3-c3cc4ccccc4cc32)cc1.C=CC(=O)OCCOc1ccc(C2(c3ccc(OCCOC(=O)C=C)cc3)c3ccc4cc(C)cc(C)c4c3-c3cc(C)cc(C)c32)cc1.C=CC(=O)OCCOc1ccc(C2(c3ccc(OCCOC(=O)C=C)cc3)c3cccc(OC)c3-c3ccc4c(OC)cccc4c32)cc1. The Morgan fingerprint density at radius 3 is 1.01 bits per heavy atom. The number of methoxy groups -OCH3 is 2. The largest absolute Gasteiger partial charge is 0.496 e. The van der Waals surface area contributed by atoms with Crippen LogP contribution in [-0.4, -0.2) is 129 Å². The van der Waals surface area contributed by atoms with Crippen LogP contribution >= 0.6 is 0 Å². The Labute approximate surface area is 837 Å². The van der Waals surface area contributed by atoms with Crippen LogP contribution in [0.4, 0.5) is 0 Å². The molecule has 0 radical (unpaired) electrons. The highest BCUT2D eigenvalue weighted by Crippen LogP contribution is 2.64. The highest BCUT2D eigenvalue weighted by molar-refractivity contribution is 6.08. The summed E-state index contributed by atoms with van der Waals surface area (Å²) < 4.78 is 77.7. The quantitative estimate of drug-likeness (QED) is 0.0151. The van der Waals surface area contributed by atoms with Gasteiger partial charge in [0.15, 0.2) is 0 Å². The molecule has 0 aromatic heterocycles. The van der Waals surface area contributed by atoms with E-state index in [1.54, 1.807) is 14.2 Å². The number of benzene rings is 15. The van der Waals surface area contributed by atoms with E-state index < -0.39 is 52.1 Å². The van der Waals surface area contributed by atoms with Crippen LogP contribution in [0.5, 0.6) is 46.0 Å². The van der Waals surface area contributed by atoms with Gasteiger partial charge in [-0.1, -0.05) is 244 Å². The lowest BCUT2D eigenvalue weighted by atomic mass is 9.66. The molecule has 0 amide bonds. The van der Waals surface area contributed by atoms with Crippen molar-refractivity contribution in [2.75, 3.05) is 93.5 Å². The third-order valence-corrected chi connectivity index (χ3v) is 26.0. The Hall–Kier alpha value is -17.3. The minimum atomic E-state index is -0.791. The van der Waals surface area contributed by atoms with Crippen LogP contribution in [0.2, 0.25) is 0 Å². The molecular formula is C124H110O20. The summed E-state index contributed by atoms with van der Waals surface area (Å²) in [6.07, 6.45) is 6.80. The molecule has 15 aromatic carbocycles. The topological polar surface area (TPSA) is 232 Å². The Bertz CT molecular complexity index is 7180. The first-order valence-electron chi connectivity index (χ1n) is 47.3. The van der Waals surface area contributed by atoms with E-state index in [2.05, 4.69) is 262 Å². The van der Waals surface area contributed by atoms with Gasteiger partial charge in [-0.25, -0.2) is 28.8 Å². The standard InChI is InChI=1S/C43H40O6.C41H36O8.C40H34O6/c1-7-38(44)48-21-19-46-34-14-10-32(11-15-34)43(33-12-16-35(17-13-33)47-20-22-49-39(45)8-2)37-18-9-31-25-27(3)23-29(5)40(31)41(37)36-26-28(4)24-30(6)42(36)43;1-5-37(42)48-25-23-46-29-17-13-27(14-18-29)41(28-15-19-30(20-16-28)47-24-26-49-38(43)6-2)34-10-8-12-36(45-4)39(34)33-22-21-31-32(40(33)41)9-7-11-35(31)44-3;1-4-38(41)45-22-20-43-32-15-11-30(12-16-32)40(31-13-17-33(18-14-31)44-21-23-46-39(42)5-2)36-19-10-27(3)24-34(36)35-25-28-8-6-7-9-29(28)26-37(35)40/h7-18,23-26H,1-2,19-22H2,3-6H3;5-22H,1-2,23-26H2,3-4H3;4-19,24-26H,1-2,20-23H2,3H3. The van der Waals surface area contributed by atoms with Crippen LogP contribution in [-0.2, 0) is 73.4 Å². The van der Waals surface area contributed by atoms with Crippen molar-refractivity contribution in [1.29, 1.82) is 0 Å². The number of hydrogen-bond donors (Lipinski definition) is 0. The van der Waals surface area contributed by atoms with Gasteiger partial charge in [-0.2, -0.15) is 0 Å². The van der Waals surface area contributed by atoms with Crippen molar-refractivity contribution in [2.45, 2.75) is 50.9 Å². The van der Waals surface area contributed by atoms with Gasteiger partial charge in [0, 0.05) is 47.4 Å². The van der Waals surface area contributed by atoms with Gasteiger partial charge >= 0.3 is 35.8 Å². The number of ether oxygens (including phenoxy) is 14. The molecular weight excluding hydrogens is 1810 g/mol. The molecule has 20 nitrogen and oxygen atoms in total. The molecule has 18 rings (SSSR count). The van der Waals surface area contributed by atoms with Crippen molar-refractivity contribution in [1.82, 2.24) is 0 Å². The van der Waals surface area contributed by atoms with E-state index in [1.165, 1.54) is 93.9 Å². The number of hydrogen-bond acceptors (Lipinski definition) is 20. The maximum atomic E-state index is 11.5. The van der Waals surface area contributed by atoms with Crippen molar-refractivity contribution in [3.63, 3.8) is 0 Å². The fourth-order valence-corrected chi connectivity index (χ4v) is 20.2. The highest BCUT2D eigenvalue weighted by Gasteiger charge is 2.52. The average Bonchev–Trinajstić information content (AvgIpc) is 1.53. The Morgan fingerprint density at radius 2 is 0.597 bits per heavy atom. The van der Waals surface area contributed by atoms with E-state index in [0.717, 1.165) is 114 Å². The Kier molecular flexibility index (Phi) is 31.1. The monoisotopic (exact) mass is 1920 g/mol. The highest BCUT2D eigenvalue weighted by atomic mass is 16.6. The first-order valence-corrected chi connectivity index (χ1v) is 47.3. The molecule has 0 N–H and O–H groups in total. The zero-order chi connectivity index (χ0) is 101. The van der Waals surface area contributed by atoms with Crippen LogP contribution in [0.3, 0.4) is 0 Å². The fourth-order valence-electron chi connectivity index (χ4n) is 20.2. The van der Waals surface area contributed by atoms with E-state index in [4.69, 9.17) is 66.3 Å². The van der Waals surface area contributed by atoms with E-state index in [9.17, 15) is 28.8 Å². The van der Waals surface area contributed by atoms with Crippen LogP contribution in [0.15, 0.2) is 361 Å². The second-order valence-electron chi connectivity index (χ2n) is 34.6. The fraction of sp³-hybridized carbons (Fsp3) is 0.177. The minimum Gasteiger partial charge on any atom is -0.496 e. The Morgan fingerprint density at radius 1 is 0.250 bits per heavy atom. The number of aryl methyl sites for hydroxylation is 5. The van der Waals surface area contributed by atoms with Crippen molar-refractivity contribution < 1.29 is 95.1 Å². The summed E-state index contributed by atoms with van der Waals surface area (Å²) in [5.74, 6) is 2.64. The van der Waals surface area contributed by atoms with Gasteiger partial charge in [0.25, 0.3) is 0 Å². The molecule has 3 aliphatic carbocycles. The predicted molar refractivity (Wildman–Crippen MR) is 560 cm³/mol. The molecule has 0 saturated carbocycles. The van der Waals surface area contributed by atoms with Crippen LogP contribution < -0.4 is 37.9 Å². The molecule has 15 aromatic rings. The molecule has 0 aliphatic heterocycles. The number of carbonyl (C=O) groups is 6. The molecule has 0 unspecified atom stereocenters. The zero-order valence-corrected chi connectivity index (χ0v) is 81.5. The first-order chi connectivity index (χ1) is 70.0. The maximum absolute atomic E-state index is 11.5. The Balaban J connectivity index is 0.000000155. The maximum Gasteiger partial charge on any atom is 0.330 e. The lowest BCUT2D eigenvalue weighted by Crippen LogP contribution is -2.29. The van der Waals surface area contributed by atoms with E-state index in [0.29, 0.717) is 34.5 Å². The second-order valence-corrected chi connectivity index (χ2v) is 34.6. The van der Waals surface area contributed by atoms with Crippen LogP contribution in [0.1, 0.15) is 94.6 Å². The smallest absolute Gasteiger partial charge is 0.330 e. The van der Waals surface area contributed by atoms with Gasteiger partial charge in [0.05, 0.1) is 30.5 Å². The van der Waals surface area contributed by atoms with Crippen molar-refractivity contribution in [3.05, 3.63) is 456 Å². The van der Waals surface area contributed by atoms with Gasteiger partial charge in [0.2, 0.25) is 0 Å². The normalized spacial score (nSPS) is 12.4. The summed E-state index contributed by atoms with van der Waals surface area (Å²) >= 11 is 0. The average molecular weight is 1920 g/mol. The van der Waals surface area contributed by atoms with Crippen LogP contribution in [0, 0.1) is 34.6 Å². The number of fused-ring (bicyclic) bond motifs is 14. The molecule has 0 fully saturated rings. The molecule has 0 spiro atoms. The predicted octanol–water partition coefficient (Wildman–Crippen LogP) is 23.8. The number of esters is 6. The molecule has 0 bridgehead atoms. The van der Waals surface area contributed by atoms with E-state index in [-0.39, 0.29) is 79.3 Å². The van der Waals surface area contributed by atoms with Crippen molar-refractivity contribution in [3.8, 4) is 79.4 Å². The summed E-state index contributed by atoms with van der Waals surface area (Å²) in [7, 11) is 3.37. The summed E-state index contributed by atoms with van der Waals surface area (Å²) in [5.41, 5.74) is 24.4. The van der Waals surface area contributed by atoms with E-state index in [1.807, 2.05) is 97.1 Å². The number of carbonyl (C=O) groups excluding carboxylic acids is 6. The zero-order valence-electron chi connectivity index (χ0n) is 81.5. The number of rotatable bonds is 38. The van der Waals surface area contributed by atoms with Gasteiger partial charge in [-0.3, -0.25) is 0 Å². The van der Waals surface area contributed by atoms with Gasteiger partial charge in [0.1, 0.15) is 125 Å². The minimum absolute atomic E-state index is 0.107. The second kappa shape index (κ2) is 44.9. The summed E-state index contributed by atoms with van der Waals surface area (Å²) in [6.45, 7) is 33.4. The van der Waals surface area contributed by atoms with E-state index >= 15 is 0 Å². The lowest BCUT2D eigenvalue weighted by Gasteiger charge is -2.35. The lowest BCUT2D eigenvalue weighted by molar-refractivity contribution is -0.139. The van der Waals surface area contributed by atoms with Crippen molar-refractivity contribution >= 4 is 68.1 Å². The molecule has 726 valence electrons. The summed E-state index contributed by atoms with van der Waals surface area (Å²) in [4.78, 5) is 68.6. The molecule has 0 atom stereocenters. The molecule has 20 heteroatoms.